The van der Waals surface area contributed by atoms with Crippen molar-refractivity contribution < 1.29 is 19.3 Å². The van der Waals surface area contributed by atoms with Gasteiger partial charge < -0.3 is 5.32 Å². The molecule has 1 aliphatic heterocycles. The second-order valence-electron chi connectivity index (χ2n) is 6.26. The zero-order valence-electron chi connectivity index (χ0n) is 14.4. The van der Waals surface area contributed by atoms with Gasteiger partial charge in [0, 0.05) is 34.3 Å². The van der Waals surface area contributed by atoms with Gasteiger partial charge in [-0.1, -0.05) is 24.3 Å². The average Bonchev–Trinajstić information content (AvgIpc) is 2.69. The Bertz CT molecular complexity index is 1100. The standard InChI is InChI=1S/C20H13N3O5/c24-17(21-13-7-9-14(10-8-13)23(27)28)11-22-19(25)15-5-1-3-12-4-2-6-16(18(12)15)20(22)26/h1-10H,11H2,(H,21,24). The van der Waals surface area contributed by atoms with Crippen LogP contribution in [0, 0.1) is 10.1 Å². The van der Waals surface area contributed by atoms with E-state index in [4.69, 9.17) is 0 Å². The van der Waals surface area contributed by atoms with Crippen molar-refractivity contribution in [3.05, 3.63) is 81.9 Å². The first-order valence-electron chi connectivity index (χ1n) is 8.38. The summed E-state index contributed by atoms with van der Waals surface area (Å²) in [6.07, 6.45) is 0. The number of anilines is 1. The Labute approximate surface area is 158 Å². The third-order valence-corrected chi connectivity index (χ3v) is 4.52. The van der Waals surface area contributed by atoms with Crippen molar-refractivity contribution in [1.82, 2.24) is 4.90 Å². The van der Waals surface area contributed by atoms with Crippen LogP contribution in [0.1, 0.15) is 20.7 Å². The number of carbonyl (C=O) groups is 3. The number of benzene rings is 3. The smallest absolute Gasteiger partial charge is 0.269 e. The van der Waals surface area contributed by atoms with Crippen molar-refractivity contribution in [2.75, 3.05) is 11.9 Å². The number of hydrogen-bond donors (Lipinski definition) is 1. The molecule has 0 aliphatic carbocycles. The monoisotopic (exact) mass is 375 g/mol. The normalized spacial score (nSPS) is 12.9. The van der Waals surface area contributed by atoms with E-state index in [0.29, 0.717) is 22.2 Å². The van der Waals surface area contributed by atoms with Crippen LogP contribution >= 0.6 is 0 Å². The largest absolute Gasteiger partial charge is 0.325 e. The molecule has 0 bridgehead atoms. The molecular formula is C20H13N3O5. The summed E-state index contributed by atoms with van der Waals surface area (Å²) in [4.78, 5) is 48.9. The average molecular weight is 375 g/mol. The lowest BCUT2D eigenvalue weighted by molar-refractivity contribution is -0.384. The number of nitrogens with zero attached hydrogens (tertiary/aromatic N) is 2. The molecular weight excluding hydrogens is 362 g/mol. The Morgan fingerprint density at radius 2 is 1.50 bits per heavy atom. The highest BCUT2D eigenvalue weighted by Crippen LogP contribution is 2.29. The van der Waals surface area contributed by atoms with E-state index in [-0.39, 0.29) is 5.69 Å². The third-order valence-electron chi connectivity index (χ3n) is 4.52. The molecule has 0 saturated carbocycles. The number of carbonyl (C=O) groups excluding carboxylic acids is 3. The summed E-state index contributed by atoms with van der Waals surface area (Å²) in [5.41, 5.74) is 0.964. The Kier molecular flexibility index (Phi) is 4.08. The van der Waals surface area contributed by atoms with Crippen molar-refractivity contribution in [2.24, 2.45) is 0 Å². The molecule has 1 aliphatic rings. The molecule has 0 radical (unpaired) electrons. The maximum Gasteiger partial charge on any atom is 0.269 e. The van der Waals surface area contributed by atoms with Crippen molar-refractivity contribution in [3.63, 3.8) is 0 Å². The van der Waals surface area contributed by atoms with Crippen LogP contribution in [0.4, 0.5) is 11.4 Å². The maximum atomic E-state index is 12.8. The second-order valence-corrected chi connectivity index (χ2v) is 6.26. The summed E-state index contributed by atoms with van der Waals surface area (Å²) in [5, 5.41) is 14.6. The Balaban J connectivity index is 1.57. The summed E-state index contributed by atoms with van der Waals surface area (Å²) in [7, 11) is 0. The van der Waals surface area contributed by atoms with Gasteiger partial charge in [-0.05, 0) is 29.7 Å². The highest BCUT2D eigenvalue weighted by atomic mass is 16.6. The van der Waals surface area contributed by atoms with Gasteiger partial charge in [-0.25, -0.2) is 0 Å². The van der Waals surface area contributed by atoms with E-state index in [0.717, 1.165) is 10.3 Å². The van der Waals surface area contributed by atoms with Crippen LogP contribution < -0.4 is 5.32 Å². The molecule has 138 valence electrons. The molecule has 3 aromatic rings. The number of amides is 3. The molecule has 0 aromatic heterocycles. The minimum atomic E-state index is -0.581. The summed E-state index contributed by atoms with van der Waals surface area (Å²) < 4.78 is 0. The first-order valence-corrected chi connectivity index (χ1v) is 8.38. The molecule has 3 amide bonds. The van der Waals surface area contributed by atoms with E-state index < -0.39 is 29.2 Å². The summed E-state index contributed by atoms with van der Waals surface area (Å²) in [5.74, 6) is -1.65. The molecule has 0 spiro atoms. The molecule has 28 heavy (non-hydrogen) atoms. The number of rotatable bonds is 4. The second kappa shape index (κ2) is 6.58. The van der Waals surface area contributed by atoms with Crippen LogP contribution in [0.25, 0.3) is 10.8 Å². The van der Waals surface area contributed by atoms with E-state index in [1.165, 1.54) is 24.3 Å². The summed E-state index contributed by atoms with van der Waals surface area (Å²) in [6.45, 7) is -0.459. The molecule has 4 rings (SSSR count). The Hall–Kier alpha value is -4.07. The van der Waals surface area contributed by atoms with Crippen LogP contribution in [0.15, 0.2) is 60.7 Å². The number of nitro groups is 1. The number of non-ortho nitro benzene ring substituents is 1. The van der Waals surface area contributed by atoms with E-state index >= 15 is 0 Å². The first kappa shape index (κ1) is 17.3. The van der Waals surface area contributed by atoms with Crippen molar-refractivity contribution in [2.45, 2.75) is 0 Å². The molecule has 8 heteroatoms. The lowest BCUT2D eigenvalue weighted by Gasteiger charge is -2.26. The zero-order valence-corrected chi connectivity index (χ0v) is 14.4. The van der Waals surface area contributed by atoms with Crippen LogP contribution in [-0.4, -0.2) is 34.1 Å². The number of hydrogen-bond acceptors (Lipinski definition) is 5. The topological polar surface area (TPSA) is 110 Å². The van der Waals surface area contributed by atoms with Crippen LogP contribution in [-0.2, 0) is 4.79 Å². The number of nitro benzene ring substituents is 1. The Morgan fingerprint density at radius 1 is 0.929 bits per heavy atom. The fourth-order valence-corrected chi connectivity index (χ4v) is 3.23. The maximum absolute atomic E-state index is 12.8. The van der Waals surface area contributed by atoms with Gasteiger partial charge in [-0.2, -0.15) is 0 Å². The van der Waals surface area contributed by atoms with Gasteiger partial charge in [0.25, 0.3) is 17.5 Å². The molecule has 0 fully saturated rings. The lowest BCUT2D eigenvalue weighted by Crippen LogP contribution is -2.44. The summed E-state index contributed by atoms with van der Waals surface area (Å²) in [6, 6.07) is 15.6. The van der Waals surface area contributed by atoms with Gasteiger partial charge in [-0.3, -0.25) is 29.4 Å². The van der Waals surface area contributed by atoms with Gasteiger partial charge in [0.2, 0.25) is 5.91 Å². The van der Waals surface area contributed by atoms with Crippen LogP contribution in [0.3, 0.4) is 0 Å². The highest BCUT2D eigenvalue weighted by molar-refractivity contribution is 6.26. The Morgan fingerprint density at radius 3 is 2.04 bits per heavy atom. The van der Waals surface area contributed by atoms with E-state index in [1.807, 2.05) is 12.1 Å². The van der Waals surface area contributed by atoms with E-state index in [2.05, 4.69) is 5.32 Å². The molecule has 0 saturated heterocycles. The first-order chi connectivity index (χ1) is 13.5. The van der Waals surface area contributed by atoms with E-state index in [9.17, 15) is 24.5 Å². The molecule has 3 aromatic carbocycles. The van der Waals surface area contributed by atoms with E-state index in [1.54, 1.807) is 24.3 Å². The van der Waals surface area contributed by atoms with Gasteiger partial charge in [0.15, 0.2) is 0 Å². The van der Waals surface area contributed by atoms with Gasteiger partial charge >= 0.3 is 0 Å². The quantitative estimate of drug-likeness (QED) is 0.428. The molecule has 8 nitrogen and oxygen atoms in total. The predicted molar refractivity (Wildman–Crippen MR) is 101 cm³/mol. The van der Waals surface area contributed by atoms with Gasteiger partial charge in [0.05, 0.1) is 4.92 Å². The van der Waals surface area contributed by atoms with Crippen molar-refractivity contribution in [3.8, 4) is 0 Å². The number of imide groups is 1. The van der Waals surface area contributed by atoms with Gasteiger partial charge in [0.1, 0.15) is 6.54 Å². The van der Waals surface area contributed by atoms with Crippen molar-refractivity contribution in [1.29, 1.82) is 0 Å². The van der Waals surface area contributed by atoms with Crippen LogP contribution in [0.2, 0.25) is 0 Å². The molecule has 0 atom stereocenters. The fourth-order valence-electron chi connectivity index (χ4n) is 3.23. The fraction of sp³-hybridized carbons (Fsp3) is 0.0500. The minimum Gasteiger partial charge on any atom is -0.325 e. The van der Waals surface area contributed by atoms with Crippen molar-refractivity contribution >= 4 is 39.9 Å². The summed E-state index contributed by atoms with van der Waals surface area (Å²) >= 11 is 0. The lowest BCUT2D eigenvalue weighted by atomic mass is 9.94. The SMILES string of the molecule is O=C(CN1C(=O)c2cccc3cccc(c23)C1=O)Nc1ccc([N+](=O)[O-])cc1. The molecule has 1 heterocycles. The predicted octanol–water partition coefficient (Wildman–Crippen LogP) is 2.98. The zero-order chi connectivity index (χ0) is 19.8. The third kappa shape index (κ3) is 2.86. The number of nitrogens with one attached hydrogen (secondary N) is 1. The van der Waals surface area contributed by atoms with Gasteiger partial charge in [-0.15, -0.1) is 0 Å². The highest BCUT2D eigenvalue weighted by Gasteiger charge is 2.33. The van der Waals surface area contributed by atoms with Crippen LogP contribution in [0.5, 0.6) is 0 Å². The molecule has 1 N–H and O–H groups in total. The minimum absolute atomic E-state index is 0.107. The molecule has 0 unspecified atom stereocenters.